The van der Waals surface area contributed by atoms with E-state index in [0.29, 0.717) is 11.8 Å². The lowest BCUT2D eigenvalue weighted by Crippen LogP contribution is -2.39. The van der Waals surface area contributed by atoms with Crippen LogP contribution >= 0.6 is 11.3 Å². The van der Waals surface area contributed by atoms with Crippen molar-refractivity contribution in [2.75, 3.05) is 6.54 Å². The number of thiophene rings is 1. The van der Waals surface area contributed by atoms with E-state index in [4.69, 9.17) is 0 Å². The van der Waals surface area contributed by atoms with Crippen LogP contribution in [0.2, 0.25) is 0 Å². The minimum Gasteiger partial charge on any atom is -0.508 e. The predicted molar refractivity (Wildman–Crippen MR) is 88.9 cm³/mol. The summed E-state index contributed by atoms with van der Waals surface area (Å²) < 4.78 is 0. The highest BCUT2D eigenvalue weighted by Gasteiger charge is 2.25. The van der Waals surface area contributed by atoms with Crippen molar-refractivity contribution in [1.29, 1.82) is 0 Å². The number of phenols is 1. The highest BCUT2D eigenvalue weighted by Crippen LogP contribution is 2.31. The van der Waals surface area contributed by atoms with Gasteiger partial charge < -0.3 is 5.11 Å². The van der Waals surface area contributed by atoms with E-state index < -0.39 is 0 Å². The number of rotatable bonds is 5. The van der Waals surface area contributed by atoms with Gasteiger partial charge in [0, 0.05) is 17.5 Å². The average Bonchev–Trinajstić information content (AvgIpc) is 3.00. The van der Waals surface area contributed by atoms with E-state index in [0.717, 1.165) is 32.4 Å². The molecule has 2 nitrogen and oxygen atoms in total. The highest BCUT2D eigenvalue weighted by atomic mass is 32.1. The molecule has 1 aromatic carbocycles. The van der Waals surface area contributed by atoms with Crippen LogP contribution in [0.4, 0.5) is 0 Å². The third-order valence-corrected chi connectivity index (χ3v) is 5.26. The van der Waals surface area contributed by atoms with Gasteiger partial charge in [-0.3, -0.25) is 4.90 Å². The smallest absolute Gasteiger partial charge is 0.119 e. The number of fused-ring (bicyclic) bond motifs is 1. The summed E-state index contributed by atoms with van der Waals surface area (Å²) in [7, 11) is 0. The first-order valence-electron chi connectivity index (χ1n) is 7.84. The Bertz CT molecular complexity index is 579. The van der Waals surface area contributed by atoms with Crippen molar-refractivity contribution in [2.45, 2.75) is 45.2 Å². The van der Waals surface area contributed by atoms with Crippen LogP contribution in [0, 0.1) is 0 Å². The first-order chi connectivity index (χ1) is 10.3. The molecule has 0 amide bonds. The molecular formula is C18H23NOS. The summed E-state index contributed by atoms with van der Waals surface area (Å²) >= 11 is 1.85. The van der Waals surface area contributed by atoms with Gasteiger partial charge in [-0.1, -0.05) is 25.1 Å². The standard InChI is InChI=1S/C18H23NOS/c1-2-10-19(13-16-6-4-11-21-16)15-8-9-17-14(12-15)5-3-7-18(17)20/h3-7,11,15,20H,2,8-10,12-13H2,1H3/t15-/m0/s1. The Hall–Kier alpha value is -1.32. The van der Waals surface area contributed by atoms with E-state index in [1.54, 1.807) is 0 Å². The van der Waals surface area contributed by atoms with Gasteiger partial charge in [0.15, 0.2) is 0 Å². The maximum atomic E-state index is 9.98. The molecule has 0 unspecified atom stereocenters. The Morgan fingerprint density at radius 3 is 2.95 bits per heavy atom. The molecule has 0 fully saturated rings. The minimum absolute atomic E-state index is 0.478. The van der Waals surface area contributed by atoms with Gasteiger partial charge in [-0.15, -0.1) is 11.3 Å². The van der Waals surface area contributed by atoms with Gasteiger partial charge in [0.05, 0.1) is 0 Å². The molecule has 21 heavy (non-hydrogen) atoms. The van der Waals surface area contributed by atoms with Crippen LogP contribution in [0.1, 0.15) is 35.8 Å². The molecule has 3 rings (SSSR count). The van der Waals surface area contributed by atoms with Gasteiger partial charge in [0.2, 0.25) is 0 Å². The van der Waals surface area contributed by atoms with Gasteiger partial charge >= 0.3 is 0 Å². The number of phenolic OH excluding ortho intramolecular Hbond substituents is 1. The van der Waals surface area contributed by atoms with Gasteiger partial charge in [0.1, 0.15) is 5.75 Å². The summed E-state index contributed by atoms with van der Waals surface area (Å²) in [6.07, 6.45) is 4.40. The van der Waals surface area contributed by atoms with E-state index in [9.17, 15) is 5.11 Å². The lowest BCUT2D eigenvalue weighted by atomic mass is 9.86. The van der Waals surface area contributed by atoms with Crippen LogP contribution in [0.25, 0.3) is 0 Å². The molecule has 112 valence electrons. The number of hydrogen-bond donors (Lipinski definition) is 1. The average molecular weight is 301 g/mol. The molecular weight excluding hydrogens is 278 g/mol. The van der Waals surface area contributed by atoms with E-state index in [2.05, 4.69) is 35.4 Å². The third kappa shape index (κ3) is 3.30. The fourth-order valence-electron chi connectivity index (χ4n) is 3.36. The molecule has 0 bridgehead atoms. The summed E-state index contributed by atoms with van der Waals surface area (Å²) in [6, 6.07) is 10.9. The fraction of sp³-hybridized carbons (Fsp3) is 0.444. The topological polar surface area (TPSA) is 23.5 Å². The first kappa shape index (κ1) is 14.6. The van der Waals surface area contributed by atoms with Crippen LogP contribution in [-0.2, 0) is 19.4 Å². The summed E-state index contributed by atoms with van der Waals surface area (Å²) in [5, 5.41) is 12.1. The number of benzene rings is 1. The van der Waals surface area contributed by atoms with Gasteiger partial charge in [0.25, 0.3) is 0 Å². The van der Waals surface area contributed by atoms with Gasteiger partial charge in [-0.2, -0.15) is 0 Å². The quantitative estimate of drug-likeness (QED) is 0.893. The van der Waals surface area contributed by atoms with Crippen molar-refractivity contribution in [3.63, 3.8) is 0 Å². The zero-order valence-electron chi connectivity index (χ0n) is 12.6. The number of hydrogen-bond acceptors (Lipinski definition) is 3. The molecule has 0 aliphatic heterocycles. The van der Waals surface area contributed by atoms with Crippen LogP contribution in [-0.4, -0.2) is 22.6 Å². The van der Waals surface area contributed by atoms with E-state index >= 15 is 0 Å². The Kier molecular flexibility index (Phi) is 4.61. The summed E-state index contributed by atoms with van der Waals surface area (Å²) in [5.74, 6) is 0.478. The summed E-state index contributed by atoms with van der Waals surface area (Å²) in [4.78, 5) is 4.07. The van der Waals surface area contributed by atoms with Gasteiger partial charge in [-0.25, -0.2) is 0 Å². The molecule has 1 atom stereocenters. The molecule has 1 aliphatic carbocycles. The maximum absolute atomic E-state index is 9.98. The van der Waals surface area contributed by atoms with Crippen molar-refractivity contribution in [3.05, 3.63) is 51.7 Å². The second-order valence-corrected chi connectivity index (χ2v) is 6.89. The zero-order chi connectivity index (χ0) is 14.7. The maximum Gasteiger partial charge on any atom is 0.119 e. The van der Waals surface area contributed by atoms with Crippen molar-refractivity contribution in [3.8, 4) is 5.75 Å². The molecule has 0 saturated carbocycles. The number of nitrogens with zero attached hydrogens (tertiary/aromatic N) is 1. The monoisotopic (exact) mass is 301 g/mol. The SMILES string of the molecule is CCCN(Cc1cccs1)[C@H]1CCc2c(O)cccc2C1. The summed E-state index contributed by atoms with van der Waals surface area (Å²) in [5.41, 5.74) is 2.50. The lowest BCUT2D eigenvalue weighted by molar-refractivity contribution is 0.172. The molecule has 0 spiro atoms. The molecule has 3 heteroatoms. The van der Waals surface area contributed by atoms with E-state index in [-0.39, 0.29) is 0 Å². The highest BCUT2D eigenvalue weighted by molar-refractivity contribution is 7.09. The van der Waals surface area contributed by atoms with Crippen LogP contribution in [0.15, 0.2) is 35.7 Å². The lowest BCUT2D eigenvalue weighted by Gasteiger charge is -2.35. The van der Waals surface area contributed by atoms with E-state index in [1.165, 1.54) is 22.4 Å². The normalized spacial score (nSPS) is 17.9. The molecule has 2 aromatic rings. The zero-order valence-corrected chi connectivity index (χ0v) is 13.4. The Morgan fingerprint density at radius 2 is 2.19 bits per heavy atom. The van der Waals surface area contributed by atoms with Crippen LogP contribution < -0.4 is 0 Å². The van der Waals surface area contributed by atoms with Crippen molar-refractivity contribution in [2.24, 2.45) is 0 Å². The fourth-order valence-corrected chi connectivity index (χ4v) is 4.09. The second kappa shape index (κ2) is 6.63. The summed E-state index contributed by atoms with van der Waals surface area (Å²) in [6.45, 7) is 4.46. The Labute approximate surface area is 131 Å². The molecule has 1 aromatic heterocycles. The van der Waals surface area contributed by atoms with Crippen molar-refractivity contribution in [1.82, 2.24) is 4.90 Å². The molecule has 0 saturated heterocycles. The predicted octanol–water partition coefficient (Wildman–Crippen LogP) is 4.22. The second-order valence-electron chi connectivity index (χ2n) is 5.86. The number of aromatic hydroxyl groups is 1. The Morgan fingerprint density at radius 1 is 1.29 bits per heavy atom. The molecule has 1 N–H and O–H groups in total. The van der Waals surface area contributed by atoms with Gasteiger partial charge in [-0.05, 0) is 60.9 Å². The molecule has 1 heterocycles. The van der Waals surface area contributed by atoms with E-state index in [1.807, 2.05) is 23.5 Å². The Balaban J connectivity index is 1.75. The first-order valence-corrected chi connectivity index (χ1v) is 8.72. The minimum atomic E-state index is 0.478. The van der Waals surface area contributed by atoms with Crippen LogP contribution in [0.5, 0.6) is 5.75 Å². The third-order valence-electron chi connectivity index (χ3n) is 4.40. The van der Waals surface area contributed by atoms with Crippen molar-refractivity contribution >= 4 is 11.3 Å². The molecule has 0 radical (unpaired) electrons. The largest absolute Gasteiger partial charge is 0.508 e. The van der Waals surface area contributed by atoms with Crippen molar-refractivity contribution < 1.29 is 5.11 Å². The van der Waals surface area contributed by atoms with Crippen LogP contribution in [0.3, 0.4) is 0 Å². The molecule has 1 aliphatic rings.